The number of likely N-dealkylation sites (N-methyl/N-ethyl adjacent to an activating group) is 1. The molecule has 0 unspecified atom stereocenters. The lowest BCUT2D eigenvalue weighted by atomic mass is 10.1. The van der Waals surface area contributed by atoms with Crippen LogP contribution in [0.25, 0.3) is 0 Å². The number of piperazine rings is 1. The first-order valence-electron chi connectivity index (χ1n) is 10.1. The first-order chi connectivity index (χ1) is 14.5. The lowest BCUT2D eigenvalue weighted by Crippen LogP contribution is -2.48. The number of hydrogen-bond donors (Lipinski definition) is 0. The van der Waals surface area contributed by atoms with Gasteiger partial charge in [0, 0.05) is 68.6 Å². The predicted molar refractivity (Wildman–Crippen MR) is 124 cm³/mol. The summed E-state index contributed by atoms with van der Waals surface area (Å²) in [5, 5.41) is 9.68. The van der Waals surface area contributed by atoms with Crippen LogP contribution in [0.1, 0.15) is 17.5 Å². The number of amides is 1. The summed E-state index contributed by atoms with van der Waals surface area (Å²) in [6.45, 7) is 4.90. The van der Waals surface area contributed by atoms with E-state index >= 15 is 0 Å². The summed E-state index contributed by atoms with van der Waals surface area (Å²) in [5.74, 6) is 0.573. The summed E-state index contributed by atoms with van der Waals surface area (Å²) < 4.78 is 22.7. The summed E-state index contributed by atoms with van der Waals surface area (Å²) in [7, 11) is 3.05. The molecule has 1 fully saturated rings. The van der Waals surface area contributed by atoms with Gasteiger partial charge in [0.25, 0.3) is 0 Å². The van der Waals surface area contributed by atoms with Crippen LogP contribution in [0, 0.1) is 18.3 Å². The summed E-state index contributed by atoms with van der Waals surface area (Å²) in [4.78, 5) is 21.8. The van der Waals surface area contributed by atoms with Crippen molar-refractivity contribution in [2.75, 3.05) is 66.4 Å². The van der Waals surface area contributed by atoms with Gasteiger partial charge in [-0.25, -0.2) is 9.20 Å². The van der Waals surface area contributed by atoms with Crippen LogP contribution in [-0.2, 0) is 14.5 Å². The molecule has 0 spiro atoms. The second kappa shape index (κ2) is 10.6. The molecule has 1 heterocycles. The van der Waals surface area contributed by atoms with Crippen molar-refractivity contribution in [3.63, 3.8) is 0 Å². The number of ether oxygens (including phenoxy) is 1. The SMILES string of the molecule is Cc1c(C#N)c(/N=C/N(C)C)cc(N=S(C)(C)=O)c1OCCCN1CCN(C)C(=O)C1. The van der Waals surface area contributed by atoms with Crippen molar-refractivity contribution in [1.82, 2.24) is 14.7 Å². The van der Waals surface area contributed by atoms with Gasteiger partial charge in [0.05, 0.1) is 30.7 Å². The molecule has 1 aliphatic rings. The topological polar surface area (TPSA) is 102 Å². The number of nitriles is 1. The Labute approximate surface area is 185 Å². The minimum atomic E-state index is -2.44. The van der Waals surface area contributed by atoms with E-state index < -0.39 is 9.73 Å². The van der Waals surface area contributed by atoms with Gasteiger partial charge in [0.15, 0.2) is 0 Å². The first-order valence-corrected chi connectivity index (χ1v) is 12.4. The maximum Gasteiger partial charge on any atom is 0.236 e. The van der Waals surface area contributed by atoms with Gasteiger partial charge in [0.2, 0.25) is 5.91 Å². The molecular weight excluding hydrogens is 416 g/mol. The van der Waals surface area contributed by atoms with Crippen LogP contribution in [0.4, 0.5) is 11.4 Å². The third-order valence-electron chi connectivity index (χ3n) is 4.74. The Kier molecular flexibility index (Phi) is 8.42. The normalized spacial score (nSPS) is 15.3. The van der Waals surface area contributed by atoms with E-state index in [4.69, 9.17) is 4.74 Å². The Hall–Kier alpha value is -2.64. The zero-order valence-electron chi connectivity index (χ0n) is 19.2. The van der Waals surface area contributed by atoms with E-state index in [0.29, 0.717) is 47.8 Å². The molecule has 170 valence electrons. The molecule has 9 nitrogen and oxygen atoms in total. The Balaban J connectivity index is 2.23. The maximum absolute atomic E-state index is 12.4. The van der Waals surface area contributed by atoms with Crippen molar-refractivity contribution < 1.29 is 13.7 Å². The Bertz CT molecular complexity index is 997. The molecule has 0 atom stereocenters. The Morgan fingerprint density at radius 2 is 2.03 bits per heavy atom. The quantitative estimate of drug-likeness (QED) is 0.342. The highest BCUT2D eigenvalue weighted by atomic mass is 32.2. The highest BCUT2D eigenvalue weighted by Gasteiger charge is 2.21. The number of carbonyl (C=O) groups excluding carboxylic acids is 1. The smallest absolute Gasteiger partial charge is 0.236 e. The molecule has 0 aliphatic carbocycles. The zero-order valence-corrected chi connectivity index (χ0v) is 20.0. The molecule has 0 aromatic heterocycles. The van der Waals surface area contributed by atoms with E-state index in [1.54, 1.807) is 41.6 Å². The molecule has 31 heavy (non-hydrogen) atoms. The van der Waals surface area contributed by atoms with Crippen LogP contribution in [0.5, 0.6) is 5.75 Å². The second-order valence-corrected chi connectivity index (χ2v) is 10.7. The Morgan fingerprint density at radius 3 is 2.61 bits per heavy atom. The van der Waals surface area contributed by atoms with Crippen molar-refractivity contribution in [3.05, 3.63) is 17.2 Å². The standard InChI is InChI=1S/C21H32N6O3S/c1-16-17(13-22)18(23-15-25(2)3)12-19(24-31(5,6)29)21(16)30-11-7-8-27-10-9-26(4)20(28)14-27/h12,15H,7-11,14H2,1-6H3/b23-15+. The third kappa shape index (κ3) is 7.22. The summed E-state index contributed by atoms with van der Waals surface area (Å²) in [6.07, 6.45) is 5.42. The van der Waals surface area contributed by atoms with E-state index in [1.165, 1.54) is 0 Å². The van der Waals surface area contributed by atoms with Crippen molar-refractivity contribution >= 4 is 33.3 Å². The summed E-state index contributed by atoms with van der Waals surface area (Å²) >= 11 is 0. The monoisotopic (exact) mass is 448 g/mol. The lowest BCUT2D eigenvalue weighted by molar-refractivity contribution is -0.134. The fourth-order valence-corrected chi connectivity index (χ4v) is 3.74. The van der Waals surface area contributed by atoms with E-state index in [2.05, 4.69) is 20.3 Å². The highest BCUT2D eigenvalue weighted by Crippen LogP contribution is 2.40. The van der Waals surface area contributed by atoms with Gasteiger partial charge >= 0.3 is 0 Å². The number of hydrogen-bond acceptors (Lipinski definition) is 7. The van der Waals surface area contributed by atoms with Gasteiger partial charge in [-0.3, -0.25) is 9.69 Å². The molecule has 0 saturated carbocycles. The van der Waals surface area contributed by atoms with Crippen LogP contribution in [0.3, 0.4) is 0 Å². The molecule has 0 bridgehead atoms. The molecule has 1 amide bonds. The van der Waals surface area contributed by atoms with Gasteiger partial charge in [-0.2, -0.15) is 9.62 Å². The van der Waals surface area contributed by atoms with Crippen molar-refractivity contribution in [2.45, 2.75) is 13.3 Å². The first kappa shape index (κ1) is 24.6. The van der Waals surface area contributed by atoms with Crippen LogP contribution >= 0.6 is 0 Å². The van der Waals surface area contributed by atoms with E-state index in [1.807, 2.05) is 21.1 Å². The largest absolute Gasteiger partial charge is 0.491 e. The zero-order chi connectivity index (χ0) is 23.2. The van der Waals surface area contributed by atoms with Crippen molar-refractivity contribution in [1.29, 1.82) is 5.26 Å². The van der Waals surface area contributed by atoms with Gasteiger partial charge in [0.1, 0.15) is 17.5 Å². The molecule has 0 radical (unpaired) electrons. The van der Waals surface area contributed by atoms with Crippen molar-refractivity contribution in [3.8, 4) is 11.8 Å². The number of rotatable bonds is 8. The molecule has 0 N–H and O–H groups in total. The van der Waals surface area contributed by atoms with Crippen LogP contribution in [0.2, 0.25) is 0 Å². The average Bonchev–Trinajstić information content (AvgIpc) is 2.66. The average molecular weight is 449 g/mol. The molecule has 1 saturated heterocycles. The number of nitrogens with zero attached hydrogens (tertiary/aromatic N) is 6. The predicted octanol–water partition coefficient (Wildman–Crippen LogP) is 1.99. The number of aliphatic imine (C=N–C) groups is 1. The van der Waals surface area contributed by atoms with Gasteiger partial charge in [-0.1, -0.05) is 0 Å². The maximum atomic E-state index is 12.4. The van der Waals surface area contributed by atoms with Crippen LogP contribution in [0.15, 0.2) is 15.4 Å². The van der Waals surface area contributed by atoms with E-state index in [9.17, 15) is 14.3 Å². The van der Waals surface area contributed by atoms with E-state index in [0.717, 1.165) is 19.6 Å². The number of carbonyl (C=O) groups is 1. The molecule has 10 heteroatoms. The molecule has 1 aromatic rings. The molecule has 2 rings (SSSR count). The highest BCUT2D eigenvalue weighted by molar-refractivity contribution is 7.92. The second-order valence-electron chi connectivity index (χ2n) is 8.13. The fourth-order valence-electron chi connectivity index (χ4n) is 3.13. The van der Waals surface area contributed by atoms with Crippen LogP contribution < -0.4 is 4.74 Å². The van der Waals surface area contributed by atoms with Crippen molar-refractivity contribution in [2.24, 2.45) is 9.36 Å². The molecule has 1 aliphatic heterocycles. The third-order valence-corrected chi connectivity index (χ3v) is 5.37. The molecular formula is C21H32N6O3S. The summed E-state index contributed by atoms with van der Waals surface area (Å²) in [5.41, 5.74) is 1.90. The lowest BCUT2D eigenvalue weighted by Gasteiger charge is -2.31. The van der Waals surface area contributed by atoms with E-state index in [-0.39, 0.29) is 5.91 Å². The van der Waals surface area contributed by atoms with Crippen LogP contribution in [-0.4, -0.2) is 97.6 Å². The minimum absolute atomic E-state index is 0.122. The van der Waals surface area contributed by atoms with Gasteiger partial charge in [-0.05, 0) is 19.4 Å². The minimum Gasteiger partial charge on any atom is -0.491 e. The van der Waals surface area contributed by atoms with Gasteiger partial charge in [-0.15, -0.1) is 0 Å². The fraction of sp³-hybridized carbons (Fsp3) is 0.571. The summed E-state index contributed by atoms with van der Waals surface area (Å²) in [6, 6.07) is 3.84. The Morgan fingerprint density at radius 1 is 1.32 bits per heavy atom. The van der Waals surface area contributed by atoms with Gasteiger partial charge < -0.3 is 14.5 Å². The molecule has 1 aromatic carbocycles. The number of benzene rings is 1.